The van der Waals surface area contributed by atoms with E-state index in [0.29, 0.717) is 19.4 Å². The van der Waals surface area contributed by atoms with Crippen LogP contribution in [0.25, 0.3) is 0 Å². The highest BCUT2D eigenvalue weighted by Crippen LogP contribution is 2.45. The first-order valence-corrected chi connectivity index (χ1v) is 9.86. The molecule has 1 N–H and O–H groups in total. The highest BCUT2D eigenvalue weighted by atomic mass is 16.6. The minimum atomic E-state index is -1.15. The van der Waals surface area contributed by atoms with Crippen LogP contribution in [0, 0.1) is 16.7 Å². The predicted molar refractivity (Wildman–Crippen MR) is 107 cm³/mol. The summed E-state index contributed by atoms with van der Waals surface area (Å²) in [7, 11) is 1.32. The number of carbonyl (C=O) groups excluding carboxylic acids is 2. The van der Waals surface area contributed by atoms with Crippen LogP contribution in [0.4, 0.5) is 4.79 Å². The van der Waals surface area contributed by atoms with Crippen molar-refractivity contribution >= 4 is 12.1 Å². The zero-order chi connectivity index (χ0) is 20.9. The minimum absolute atomic E-state index is 0.0193. The van der Waals surface area contributed by atoms with Gasteiger partial charge in [-0.1, -0.05) is 58.0 Å². The molecule has 1 saturated heterocycles. The summed E-state index contributed by atoms with van der Waals surface area (Å²) in [5, 5.41) is 10.7. The van der Waals surface area contributed by atoms with Crippen LogP contribution < -0.4 is 0 Å². The van der Waals surface area contributed by atoms with Gasteiger partial charge in [-0.3, -0.25) is 4.79 Å². The Bertz CT molecular complexity index is 669. The third kappa shape index (κ3) is 4.85. The van der Waals surface area contributed by atoms with Gasteiger partial charge in [0, 0.05) is 13.1 Å². The van der Waals surface area contributed by atoms with Crippen LogP contribution in [0.15, 0.2) is 30.3 Å². The van der Waals surface area contributed by atoms with Crippen LogP contribution >= 0.6 is 0 Å². The Kier molecular flexibility index (Phi) is 7.10. The lowest BCUT2D eigenvalue weighted by Gasteiger charge is -2.49. The van der Waals surface area contributed by atoms with Crippen molar-refractivity contribution in [2.24, 2.45) is 16.7 Å². The van der Waals surface area contributed by atoms with Crippen LogP contribution in [0.1, 0.15) is 46.1 Å². The molecule has 1 amide bonds. The molecule has 1 aromatic carbocycles. The number of aliphatic hydroxyl groups is 1. The van der Waals surface area contributed by atoms with Gasteiger partial charge in [-0.25, -0.2) is 4.79 Å². The van der Waals surface area contributed by atoms with E-state index >= 15 is 0 Å². The number of aliphatic hydroxyl groups excluding tert-OH is 1. The van der Waals surface area contributed by atoms with Gasteiger partial charge in [0.2, 0.25) is 0 Å². The second kappa shape index (κ2) is 8.95. The van der Waals surface area contributed by atoms with Crippen molar-refractivity contribution in [3.05, 3.63) is 35.9 Å². The largest absolute Gasteiger partial charge is 0.468 e. The summed E-state index contributed by atoms with van der Waals surface area (Å²) in [6.45, 7) is 8.80. The molecule has 1 fully saturated rings. The average molecular weight is 392 g/mol. The van der Waals surface area contributed by atoms with Gasteiger partial charge in [0.15, 0.2) is 0 Å². The second-order valence-electron chi connectivity index (χ2n) is 8.76. The summed E-state index contributed by atoms with van der Waals surface area (Å²) in [5.41, 5.74) is -0.399. The van der Waals surface area contributed by atoms with Gasteiger partial charge in [-0.05, 0) is 29.7 Å². The molecule has 6 nitrogen and oxygen atoms in total. The summed E-state index contributed by atoms with van der Waals surface area (Å²) in [5.74, 6) is -0.456. The van der Waals surface area contributed by atoms with Crippen LogP contribution in [0.5, 0.6) is 0 Å². The van der Waals surface area contributed by atoms with Crippen molar-refractivity contribution in [3.8, 4) is 0 Å². The summed E-state index contributed by atoms with van der Waals surface area (Å²) in [4.78, 5) is 27.1. The molecule has 0 aliphatic carbocycles. The fourth-order valence-corrected chi connectivity index (χ4v) is 3.89. The number of amides is 1. The van der Waals surface area contributed by atoms with Gasteiger partial charge in [0.25, 0.3) is 0 Å². The summed E-state index contributed by atoms with van der Waals surface area (Å²) >= 11 is 0. The van der Waals surface area contributed by atoms with E-state index < -0.39 is 23.6 Å². The topological polar surface area (TPSA) is 76.1 Å². The van der Waals surface area contributed by atoms with Gasteiger partial charge in [-0.15, -0.1) is 0 Å². The second-order valence-corrected chi connectivity index (χ2v) is 8.76. The highest BCUT2D eigenvalue weighted by Gasteiger charge is 2.54. The van der Waals surface area contributed by atoms with Crippen LogP contribution in [-0.2, 0) is 20.9 Å². The molecule has 0 spiro atoms. The molecule has 0 bridgehead atoms. The quantitative estimate of drug-likeness (QED) is 0.776. The van der Waals surface area contributed by atoms with Crippen molar-refractivity contribution in [3.63, 3.8) is 0 Å². The molecule has 2 rings (SSSR count). The molecule has 1 aromatic rings. The monoisotopic (exact) mass is 391 g/mol. The maximum atomic E-state index is 12.8. The number of ether oxygens (including phenoxy) is 2. The fourth-order valence-electron chi connectivity index (χ4n) is 3.89. The maximum Gasteiger partial charge on any atom is 0.410 e. The van der Waals surface area contributed by atoms with Crippen LogP contribution in [0.2, 0.25) is 0 Å². The predicted octanol–water partition coefficient (Wildman–Crippen LogP) is 3.62. The van der Waals surface area contributed by atoms with Crippen molar-refractivity contribution in [2.45, 2.75) is 53.2 Å². The molecule has 0 aromatic heterocycles. The molecule has 1 aliphatic heterocycles. The molecular formula is C22H33NO5. The Morgan fingerprint density at radius 1 is 1.29 bits per heavy atom. The number of likely N-dealkylation sites (tertiary alicyclic amines) is 1. The Morgan fingerprint density at radius 3 is 2.46 bits per heavy atom. The van der Waals surface area contributed by atoms with E-state index in [1.54, 1.807) is 4.90 Å². The molecule has 6 heteroatoms. The van der Waals surface area contributed by atoms with E-state index in [0.717, 1.165) is 5.56 Å². The lowest BCUT2D eigenvalue weighted by molar-refractivity contribution is -0.170. The van der Waals surface area contributed by atoms with E-state index in [1.807, 2.05) is 37.3 Å². The van der Waals surface area contributed by atoms with E-state index in [2.05, 4.69) is 20.8 Å². The number of hydrogen-bond donors (Lipinski definition) is 1. The standard InChI is InChI=1S/C22H33NO5/c1-6-18(24)22(19(25)27-5)12-17(21(2,3)4)13-23(15-22)20(26)28-14-16-10-8-7-9-11-16/h7-11,17-18,24H,6,12-15H2,1-5H3/t17-,18?,22-/m1/s1. The van der Waals surface area contributed by atoms with Crippen molar-refractivity contribution in [1.29, 1.82) is 0 Å². The zero-order valence-corrected chi connectivity index (χ0v) is 17.6. The first-order chi connectivity index (χ1) is 13.1. The van der Waals surface area contributed by atoms with Gasteiger partial charge in [-0.2, -0.15) is 0 Å². The van der Waals surface area contributed by atoms with Gasteiger partial charge >= 0.3 is 12.1 Å². The Morgan fingerprint density at radius 2 is 1.93 bits per heavy atom. The number of hydrogen-bond acceptors (Lipinski definition) is 5. The molecule has 156 valence electrons. The number of nitrogens with zero attached hydrogens (tertiary/aromatic N) is 1. The molecule has 1 unspecified atom stereocenters. The zero-order valence-electron chi connectivity index (χ0n) is 17.6. The van der Waals surface area contributed by atoms with E-state index in [-0.39, 0.29) is 24.5 Å². The molecule has 3 atom stereocenters. The lowest BCUT2D eigenvalue weighted by atomic mass is 9.64. The first-order valence-electron chi connectivity index (χ1n) is 9.86. The number of methoxy groups -OCH3 is 1. The van der Waals surface area contributed by atoms with Crippen molar-refractivity contribution in [1.82, 2.24) is 4.90 Å². The normalized spacial score (nSPS) is 23.8. The van der Waals surface area contributed by atoms with Crippen LogP contribution in [0.3, 0.4) is 0 Å². The molecular weight excluding hydrogens is 358 g/mol. The summed E-state index contributed by atoms with van der Waals surface area (Å²) in [6.07, 6.45) is -0.497. The minimum Gasteiger partial charge on any atom is -0.468 e. The molecule has 0 saturated carbocycles. The number of piperidine rings is 1. The molecule has 1 aliphatic rings. The van der Waals surface area contributed by atoms with E-state index in [4.69, 9.17) is 9.47 Å². The van der Waals surface area contributed by atoms with Gasteiger partial charge < -0.3 is 19.5 Å². The molecule has 0 radical (unpaired) electrons. The third-order valence-electron chi connectivity index (χ3n) is 5.83. The van der Waals surface area contributed by atoms with Gasteiger partial charge in [0.05, 0.1) is 13.2 Å². The average Bonchev–Trinajstić information content (AvgIpc) is 2.70. The van der Waals surface area contributed by atoms with E-state index in [9.17, 15) is 14.7 Å². The van der Waals surface area contributed by atoms with E-state index in [1.165, 1.54) is 7.11 Å². The summed E-state index contributed by atoms with van der Waals surface area (Å²) in [6, 6.07) is 9.46. The van der Waals surface area contributed by atoms with Crippen molar-refractivity contribution < 1.29 is 24.2 Å². The Balaban J connectivity index is 2.26. The van der Waals surface area contributed by atoms with Crippen molar-refractivity contribution in [2.75, 3.05) is 20.2 Å². The lowest BCUT2D eigenvalue weighted by Crippen LogP contribution is -2.60. The Labute approximate surface area is 167 Å². The molecule has 1 heterocycles. The fraction of sp³-hybridized carbons (Fsp3) is 0.636. The number of carbonyl (C=O) groups is 2. The third-order valence-corrected chi connectivity index (χ3v) is 5.83. The maximum absolute atomic E-state index is 12.8. The number of benzene rings is 1. The smallest absolute Gasteiger partial charge is 0.410 e. The molecule has 28 heavy (non-hydrogen) atoms. The van der Waals surface area contributed by atoms with Crippen LogP contribution in [-0.4, -0.2) is 48.4 Å². The number of rotatable bonds is 5. The number of esters is 1. The van der Waals surface area contributed by atoms with Gasteiger partial charge in [0.1, 0.15) is 12.0 Å². The Hall–Kier alpha value is -2.08. The SMILES string of the molecule is CCC(O)[C@@]1(C(=O)OC)C[C@@H](C(C)(C)C)CN(C(=O)OCc2ccccc2)C1. The first kappa shape index (κ1) is 22.2. The summed E-state index contributed by atoms with van der Waals surface area (Å²) < 4.78 is 10.6. The highest BCUT2D eigenvalue weighted by molar-refractivity contribution is 5.79.